The Morgan fingerprint density at radius 3 is 2.46 bits per heavy atom. The van der Waals surface area contributed by atoms with Gasteiger partial charge in [-0.15, -0.1) is 0 Å². The molecule has 0 atom stereocenters. The van der Waals surface area contributed by atoms with E-state index in [9.17, 15) is 0 Å². The third-order valence-electron chi connectivity index (χ3n) is 3.92. The first-order chi connectivity index (χ1) is 12.7. The summed E-state index contributed by atoms with van der Waals surface area (Å²) in [6.45, 7) is 1.97. The van der Waals surface area contributed by atoms with E-state index in [0.29, 0.717) is 17.4 Å². The van der Waals surface area contributed by atoms with Crippen molar-refractivity contribution in [2.24, 2.45) is 0 Å². The van der Waals surface area contributed by atoms with Crippen LogP contribution in [0.5, 0.6) is 11.5 Å². The largest absolute Gasteiger partial charge is 0.493 e. The molecule has 0 aliphatic heterocycles. The molecular weight excluding hydrogens is 348 g/mol. The van der Waals surface area contributed by atoms with Crippen LogP contribution in [0.3, 0.4) is 0 Å². The summed E-state index contributed by atoms with van der Waals surface area (Å²) in [6, 6.07) is 17.6. The molecule has 0 amide bonds. The van der Waals surface area contributed by atoms with E-state index in [2.05, 4.69) is 10.3 Å². The molecule has 0 aliphatic rings. The van der Waals surface area contributed by atoms with E-state index in [-0.39, 0.29) is 0 Å². The van der Waals surface area contributed by atoms with E-state index in [1.807, 2.05) is 54.6 Å². The molecule has 0 radical (unpaired) electrons. The Hall–Kier alpha value is -2.56. The van der Waals surface area contributed by atoms with Crippen LogP contribution < -0.4 is 14.8 Å². The van der Waals surface area contributed by atoms with Crippen molar-refractivity contribution in [3.63, 3.8) is 0 Å². The number of nitrogens with one attached hydrogen (secondary N) is 1. The van der Waals surface area contributed by atoms with Crippen LogP contribution in [0, 0.1) is 0 Å². The van der Waals surface area contributed by atoms with E-state index in [0.717, 1.165) is 30.0 Å². The summed E-state index contributed by atoms with van der Waals surface area (Å²) in [4.78, 5) is 4.02. The Morgan fingerprint density at radius 1 is 0.885 bits per heavy atom. The molecule has 0 saturated heterocycles. The third-order valence-corrected chi connectivity index (χ3v) is 4.15. The highest BCUT2D eigenvalue weighted by Gasteiger charge is 2.07. The topological polar surface area (TPSA) is 43.4 Å². The summed E-state index contributed by atoms with van der Waals surface area (Å²) in [7, 11) is 1.65. The minimum absolute atomic E-state index is 0.441. The number of hydrogen-bond donors (Lipinski definition) is 1. The first-order valence-corrected chi connectivity index (χ1v) is 8.76. The van der Waals surface area contributed by atoms with Crippen LogP contribution >= 0.6 is 11.6 Å². The Bertz CT molecular complexity index is 840. The lowest BCUT2D eigenvalue weighted by Gasteiger charge is -2.13. The van der Waals surface area contributed by atoms with Crippen molar-refractivity contribution in [1.29, 1.82) is 0 Å². The van der Waals surface area contributed by atoms with Crippen molar-refractivity contribution in [2.45, 2.75) is 19.7 Å². The fourth-order valence-electron chi connectivity index (χ4n) is 2.58. The van der Waals surface area contributed by atoms with Crippen LogP contribution in [0.1, 0.15) is 16.7 Å². The van der Waals surface area contributed by atoms with Gasteiger partial charge in [-0.2, -0.15) is 0 Å². The highest BCUT2D eigenvalue weighted by molar-refractivity contribution is 6.30. The standard InChI is InChI=1S/C21H21ClN2O2/c1-25-21-12-17(14-24-13-16-7-9-23-10-8-16)5-6-20(21)26-15-18-3-2-4-19(22)11-18/h2-12,24H,13-15H2,1H3. The van der Waals surface area contributed by atoms with Crippen LogP contribution in [-0.2, 0) is 19.7 Å². The summed E-state index contributed by atoms with van der Waals surface area (Å²) >= 11 is 6.01. The lowest BCUT2D eigenvalue weighted by molar-refractivity contribution is 0.284. The molecule has 0 bridgehead atoms. The Kier molecular flexibility index (Phi) is 6.47. The molecular formula is C21H21ClN2O2. The van der Waals surface area contributed by atoms with Gasteiger partial charge in [0.25, 0.3) is 0 Å². The zero-order chi connectivity index (χ0) is 18.2. The van der Waals surface area contributed by atoms with E-state index in [4.69, 9.17) is 21.1 Å². The SMILES string of the molecule is COc1cc(CNCc2ccncc2)ccc1OCc1cccc(Cl)c1. The number of aromatic nitrogens is 1. The van der Waals surface area contributed by atoms with E-state index in [1.165, 1.54) is 5.56 Å². The molecule has 5 heteroatoms. The number of rotatable bonds is 8. The molecule has 134 valence electrons. The maximum atomic E-state index is 6.01. The predicted octanol–water partition coefficient (Wildman–Crippen LogP) is 4.61. The fraction of sp³-hybridized carbons (Fsp3) is 0.190. The minimum Gasteiger partial charge on any atom is -0.493 e. The second-order valence-corrected chi connectivity index (χ2v) is 6.30. The van der Waals surface area contributed by atoms with Gasteiger partial charge in [0.05, 0.1) is 7.11 Å². The van der Waals surface area contributed by atoms with Gasteiger partial charge in [-0.1, -0.05) is 29.8 Å². The molecule has 26 heavy (non-hydrogen) atoms. The average molecular weight is 369 g/mol. The van der Waals surface area contributed by atoms with Crippen LogP contribution in [-0.4, -0.2) is 12.1 Å². The normalized spacial score (nSPS) is 10.5. The number of nitrogens with zero attached hydrogens (tertiary/aromatic N) is 1. The van der Waals surface area contributed by atoms with Crippen LogP contribution in [0.25, 0.3) is 0 Å². The van der Waals surface area contributed by atoms with E-state index >= 15 is 0 Å². The Balaban J connectivity index is 1.58. The number of hydrogen-bond acceptors (Lipinski definition) is 4. The van der Waals surface area contributed by atoms with Crippen molar-refractivity contribution < 1.29 is 9.47 Å². The number of ether oxygens (including phenoxy) is 2. The van der Waals surface area contributed by atoms with E-state index in [1.54, 1.807) is 19.5 Å². The molecule has 4 nitrogen and oxygen atoms in total. The smallest absolute Gasteiger partial charge is 0.161 e. The second kappa shape index (κ2) is 9.22. The first kappa shape index (κ1) is 18.2. The maximum absolute atomic E-state index is 6.01. The fourth-order valence-corrected chi connectivity index (χ4v) is 2.79. The molecule has 3 rings (SSSR count). The molecule has 0 unspecified atom stereocenters. The minimum atomic E-state index is 0.441. The van der Waals surface area contributed by atoms with Crippen molar-refractivity contribution in [3.05, 3.63) is 88.7 Å². The summed E-state index contributed by atoms with van der Waals surface area (Å²) in [5.41, 5.74) is 3.35. The van der Waals surface area contributed by atoms with Gasteiger partial charge in [-0.3, -0.25) is 4.98 Å². The van der Waals surface area contributed by atoms with E-state index < -0.39 is 0 Å². The van der Waals surface area contributed by atoms with Crippen LogP contribution in [0.15, 0.2) is 67.0 Å². The van der Waals surface area contributed by atoms with Gasteiger partial charge in [0.2, 0.25) is 0 Å². The monoisotopic (exact) mass is 368 g/mol. The summed E-state index contributed by atoms with van der Waals surface area (Å²) < 4.78 is 11.4. The lowest BCUT2D eigenvalue weighted by atomic mass is 10.2. The quantitative estimate of drug-likeness (QED) is 0.630. The molecule has 1 aromatic heterocycles. The van der Waals surface area contributed by atoms with Gasteiger partial charge in [0.15, 0.2) is 11.5 Å². The molecule has 2 aromatic carbocycles. The average Bonchev–Trinajstić information content (AvgIpc) is 2.67. The van der Waals surface area contributed by atoms with Crippen molar-refractivity contribution in [1.82, 2.24) is 10.3 Å². The summed E-state index contributed by atoms with van der Waals surface area (Å²) in [5.74, 6) is 1.43. The van der Waals surface area contributed by atoms with Crippen LogP contribution in [0.2, 0.25) is 5.02 Å². The van der Waals surface area contributed by atoms with Crippen molar-refractivity contribution in [3.8, 4) is 11.5 Å². The summed E-state index contributed by atoms with van der Waals surface area (Å²) in [5, 5.41) is 4.12. The number of benzene rings is 2. The molecule has 0 aliphatic carbocycles. The predicted molar refractivity (Wildman–Crippen MR) is 104 cm³/mol. The Morgan fingerprint density at radius 2 is 1.69 bits per heavy atom. The van der Waals surface area contributed by atoms with Gasteiger partial charge in [-0.05, 0) is 53.1 Å². The number of pyridine rings is 1. The zero-order valence-electron chi connectivity index (χ0n) is 14.6. The molecule has 0 saturated carbocycles. The first-order valence-electron chi connectivity index (χ1n) is 8.38. The molecule has 0 fully saturated rings. The third kappa shape index (κ3) is 5.22. The molecule has 1 heterocycles. The molecule has 3 aromatic rings. The van der Waals surface area contributed by atoms with Gasteiger partial charge in [0, 0.05) is 30.5 Å². The van der Waals surface area contributed by atoms with Gasteiger partial charge in [-0.25, -0.2) is 0 Å². The van der Waals surface area contributed by atoms with Gasteiger partial charge in [0.1, 0.15) is 6.61 Å². The maximum Gasteiger partial charge on any atom is 0.161 e. The van der Waals surface area contributed by atoms with Crippen molar-refractivity contribution >= 4 is 11.6 Å². The van der Waals surface area contributed by atoms with Crippen LogP contribution in [0.4, 0.5) is 0 Å². The Labute approximate surface area is 158 Å². The van der Waals surface area contributed by atoms with Gasteiger partial charge < -0.3 is 14.8 Å². The second-order valence-electron chi connectivity index (χ2n) is 5.86. The molecule has 0 spiro atoms. The highest BCUT2D eigenvalue weighted by Crippen LogP contribution is 2.29. The highest BCUT2D eigenvalue weighted by atomic mass is 35.5. The number of halogens is 1. The number of methoxy groups -OCH3 is 1. The summed E-state index contributed by atoms with van der Waals surface area (Å²) in [6.07, 6.45) is 3.60. The van der Waals surface area contributed by atoms with Crippen molar-refractivity contribution in [2.75, 3.05) is 7.11 Å². The molecule has 1 N–H and O–H groups in total. The van der Waals surface area contributed by atoms with Gasteiger partial charge >= 0.3 is 0 Å². The zero-order valence-corrected chi connectivity index (χ0v) is 15.4. The lowest BCUT2D eigenvalue weighted by Crippen LogP contribution is -2.12.